The highest BCUT2D eigenvalue weighted by molar-refractivity contribution is 6.34. The molecule has 2 aromatic carbocycles. The fraction of sp³-hybridized carbons (Fsp3) is 0.0625. The predicted molar refractivity (Wildman–Crippen MR) is 100 cm³/mol. The van der Waals surface area contributed by atoms with Crippen molar-refractivity contribution < 1.29 is 10.0 Å². The summed E-state index contributed by atoms with van der Waals surface area (Å²) in [7, 11) is 0. The van der Waals surface area contributed by atoms with Crippen molar-refractivity contribution in [3.63, 3.8) is 0 Å². The lowest BCUT2D eigenvalue weighted by Gasteiger charge is -2.04. The van der Waals surface area contributed by atoms with Gasteiger partial charge in [-0.15, -0.1) is 10.2 Å². The first-order valence-corrected chi connectivity index (χ1v) is 8.19. The number of hydrogen-bond acceptors (Lipinski definition) is 6. The largest absolute Gasteiger partial charge is 0.506 e. The number of phenolic OH excluding ortho intramolecular Hbond substituents is 1. The van der Waals surface area contributed by atoms with Crippen molar-refractivity contribution >= 4 is 40.3 Å². The molecule has 27 heavy (non-hydrogen) atoms. The lowest BCUT2D eigenvalue weighted by molar-refractivity contribution is -0.384. The molecule has 138 valence electrons. The van der Waals surface area contributed by atoms with E-state index in [1.54, 1.807) is 19.1 Å². The van der Waals surface area contributed by atoms with E-state index in [4.69, 9.17) is 23.2 Å². The van der Waals surface area contributed by atoms with E-state index in [0.29, 0.717) is 21.4 Å². The van der Waals surface area contributed by atoms with Crippen LogP contribution in [0.2, 0.25) is 10.0 Å². The molecule has 0 saturated heterocycles. The third-order valence-electron chi connectivity index (χ3n) is 3.62. The van der Waals surface area contributed by atoms with Gasteiger partial charge in [-0.3, -0.25) is 20.0 Å². The molecule has 0 fully saturated rings. The molecule has 0 aliphatic carbocycles. The minimum Gasteiger partial charge on any atom is -0.506 e. The summed E-state index contributed by atoms with van der Waals surface area (Å²) < 4.78 is 1.16. The SMILES string of the molecule is Cc1[nH]n(-c2cc(Cl)ccc2Cl)c(=O)c1N=Nc1cc([N+](=O)[O-])ccc1O. The number of non-ortho nitro benzene ring substituents is 1. The predicted octanol–water partition coefficient (Wildman–Crippen LogP) is 4.81. The molecule has 2 N–H and O–H groups in total. The highest BCUT2D eigenvalue weighted by Crippen LogP contribution is 2.32. The summed E-state index contributed by atoms with van der Waals surface area (Å²) in [4.78, 5) is 22.8. The first-order valence-electron chi connectivity index (χ1n) is 7.44. The number of azo groups is 1. The Morgan fingerprint density at radius 1 is 1.19 bits per heavy atom. The molecule has 0 amide bonds. The van der Waals surface area contributed by atoms with E-state index in [9.17, 15) is 20.0 Å². The number of rotatable bonds is 4. The Morgan fingerprint density at radius 3 is 2.63 bits per heavy atom. The lowest BCUT2D eigenvalue weighted by atomic mass is 10.2. The number of benzene rings is 2. The van der Waals surface area contributed by atoms with E-state index in [2.05, 4.69) is 15.3 Å². The maximum atomic E-state index is 12.6. The van der Waals surface area contributed by atoms with Gasteiger partial charge in [-0.25, -0.2) is 4.68 Å². The normalized spacial score (nSPS) is 11.2. The standard InChI is InChI=1S/C16H11Cl2N5O4/c1-8-15(20-19-12-7-10(23(26)27)3-5-14(12)24)16(25)22(21-8)13-6-9(17)2-4-11(13)18/h2-7,21,24H,1H3. The van der Waals surface area contributed by atoms with Gasteiger partial charge in [-0.2, -0.15) is 0 Å². The van der Waals surface area contributed by atoms with Crippen molar-refractivity contribution in [3.05, 3.63) is 72.6 Å². The molecule has 11 heteroatoms. The molecule has 1 heterocycles. The minimum atomic E-state index is -0.631. The molecule has 0 saturated carbocycles. The first kappa shape index (κ1) is 18.6. The first-order chi connectivity index (χ1) is 12.8. The number of aromatic amines is 1. The summed E-state index contributed by atoms with van der Waals surface area (Å²) in [5.74, 6) is -0.309. The van der Waals surface area contributed by atoms with Crippen molar-refractivity contribution in [2.45, 2.75) is 6.92 Å². The Bertz CT molecular complexity index is 1140. The zero-order valence-electron chi connectivity index (χ0n) is 13.7. The van der Waals surface area contributed by atoms with Crippen LogP contribution < -0.4 is 5.56 Å². The van der Waals surface area contributed by atoms with Crippen molar-refractivity contribution in [2.24, 2.45) is 10.2 Å². The number of phenols is 1. The molecular weight excluding hydrogens is 397 g/mol. The maximum absolute atomic E-state index is 12.6. The molecule has 3 rings (SSSR count). The summed E-state index contributed by atoms with van der Waals surface area (Å²) in [6.07, 6.45) is 0. The molecule has 0 radical (unpaired) electrons. The number of aromatic hydroxyl groups is 1. The van der Waals surface area contributed by atoms with Gasteiger partial charge in [0.15, 0.2) is 5.69 Å². The van der Waals surface area contributed by atoms with Gasteiger partial charge in [-0.05, 0) is 31.2 Å². The summed E-state index contributed by atoms with van der Waals surface area (Å²) in [5, 5.41) is 31.7. The van der Waals surface area contributed by atoms with E-state index in [-0.39, 0.29) is 22.8 Å². The fourth-order valence-corrected chi connectivity index (χ4v) is 2.66. The van der Waals surface area contributed by atoms with Gasteiger partial charge in [0.1, 0.15) is 11.4 Å². The molecule has 0 aliphatic heterocycles. The van der Waals surface area contributed by atoms with Gasteiger partial charge in [0.05, 0.1) is 21.3 Å². The van der Waals surface area contributed by atoms with E-state index in [1.807, 2.05) is 0 Å². The molecule has 9 nitrogen and oxygen atoms in total. The third-order valence-corrected chi connectivity index (χ3v) is 4.17. The van der Waals surface area contributed by atoms with Gasteiger partial charge >= 0.3 is 0 Å². The number of nitro groups is 1. The molecule has 3 aromatic rings. The third kappa shape index (κ3) is 3.69. The number of nitrogens with one attached hydrogen (secondary N) is 1. The Hall–Kier alpha value is -3.17. The highest BCUT2D eigenvalue weighted by atomic mass is 35.5. The van der Waals surface area contributed by atoms with Gasteiger partial charge in [-0.1, -0.05) is 23.2 Å². The Kier molecular flexibility index (Phi) is 4.98. The van der Waals surface area contributed by atoms with Crippen LogP contribution in [0, 0.1) is 17.0 Å². The number of hydrogen-bond donors (Lipinski definition) is 2. The number of aryl methyl sites for hydroxylation is 1. The number of H-pyrrole nitrogens is 1. The van der Waals surface area contributed by atoms with Crippen molar-refractivity contribution in [2.75, 3.05) is 0 Å². The maximum Gasteiger partial charge on any atom is 0.299 e. The van der Waals surface area contributed by atoms with Crippen molar-refractivity contribution in [1.82, 2.24) is 9.78 Å². The molecule has 1 aromatic heterocycles. The Morgan fingerprint density at radius 2 is 1.93 bits per heavy atom. The molecule has 0 aliphatic rings. The number of nitro benzene ring substituents is 1. The van der Waals surface area contributed by atoms with E-state index >= 15 is 0 Å². The van der Waals surface area contributed by atoms with Crippen LogP contribution >= 0.6 is 23.2 Å². The zero-order valence-corrected chi connectivity index (χ0v) is 15.2. The second-order valence-electron chi connectivity index (χ2n) is 5.45. The molecule has 0 atom stereocenters. The Labute approximate surface area is 161 Å². The second-order valence-corrected chi connectivity index (χ2v) is 6.30. The van der Waals surface area contributed by atoms with Crippen molar-refractivity contribution in [1.29, 1.82) is 0 Å². The van der Waals surface area contributed by atoms with Gasteiger partial charge in [0.25, 0.3) is 11.2 Å². The molecule has 0 spiro atoms. The Balaban J connectivity index is 2.05. The molecular formula is C16H11Cl2N5O4. The van der Waals surface area contributed by atoms with Gasteiger partial charge < -0.3 is 5.11 Å². The van der Waals surface area contributed by atoms with Crippen LogP contribution in [0.25, 0.3) is 5.69 Å². The quantitative estimate of drug-likeness (QED) is 0.365. The highest BCUT2D eigenvalue weighted by Gasteiger charge is 2.15. The number of nitrogens with zero attached hydrogens (tertiary/aromatic N) is 4. The average molecular weight is 408 g/mol. The molecule has 0 bridgehead atoms. The summed E-state index contributed by atoms with van der Waals surface area (Å²) in [6, 6.07) is 7.94. The smallest absolute Gasteiger partial charge is 0.299 e. The number of halogens is 2. The minimum absolute atomic E-state index is 0.0445. The zero-order chi connectivity index (χ0) is 19.7. The van der Waals surface area contributed by atoms with E-state index < -0.39 is 10.5 Å². The van der Waals surface area contributed by atoms with E-state index in [0.717, 1.165) is 22.9 Å². The summed E-state index contributed by atoms with van der Waals surface area (Å²) in [6.45, 7) is 1.60. The topological polar surface area (TPSA) is 126 Å². The fourth-order valence-electron chi connectivity index (χ4n) is 2.29. The number of aromatic nitrogens is 2. The summed E-state index contributed by atoms with van der Waals surface area (Å²) in [5.41, 5.74) is -0.295. The van der Waals surface area contributed by atoms with Crippen LogP contribution in [-0.4, -0.2) is 19.8 Å². The van der Waals surface area contributed by atoms with Crippen LogP contribution in [0.3, 0.4) is 0 Å². The van der Waals surface area contributed by atoms with Gasteiger partial charge in [0, 0.05) is 17.2 Å². The average Bonchev–Trinajstić information content (AvgIpc) is 2.90. The van der Waals surface area contributed by atoms with Crippen LogP contribution in [0.4, 0.5) is 17.1 Å². The summed E-state index contributed by atoms with van der Waals surface area (Å²) >= 11 is 12.1. The van der Waals surface area contributed by atoms with Crippen LogP contribution in [0.15, 0.2) is 51.4 Å². The lowest BCUT2D eigenvalue weighted by Crippen LogP contribution is -2.14. The monoisotopic (exact) mass is 407 g/mol. The van der Waals surface area contributed by atoms with Crippen LogP contribution in [0.5, 0.6) is 5.75 Å². The van der Waals surface area contributed by atoms with Crippen molar-refractivity contribution in [3.8, 4) is 11.4 Å². The van der Waals surface area contributed by atoms with Crippen LogP contribution in [0.1, 0.15) is 5.69 Å². The molecule has 0 unspecified atom stereocenters. The van der Waals surface area contributed by atoms with E-state index in [1.165, 1.54) is 6.07 Å². The van der Waals surface area contributed by atoms with Gasteiger partial charge in [0.2, 0.25) is 0 Å². The van der Waals surface area contributed by atoms with Crippen LogP contribution in [-0.2, 0) is 0 Å². The second kappa shape index (κ2) is 7.22.